The number of amides is 1. The van der Waals surface area contributed by atoms with E-state index in [-0.39, 0.29) is 5.91 Å². The predicted molar refractivity (Wildman–Crippen MR) is 105 cm³/mol. The number of nitrogens with one attached hydrogen (secondary N) is 1. The second-order valence-corrected chi connectivity index (χ2v) is 8.48. The monoisotopic (exact) mass is 414 g/mol. The molecule has 2 aromatic heterocycles. The molecule has 0 aliphatic rings. The lowest BCUT2D eigenvalue weighted by atomic mass is 10.1. The molecule has 0 unspecified atom stereocenters. The van der Waals surface area contributed by atoms with Crippen molar-refractivity contribution in [1.82, 2.24) is 4.98 Å². The molecular formula is C18H11BrN2OS2. The van der Waals surface area contributed by atoms with Gasteiger partial charge in [0.05, 0.1) is 14.4 Å². The number of carbonyl (C=O) groups excluding carboxylic acids is 1. The van der Waals surface area contributed by atoms with Gasteiger partial charge in [0.1, 0.15) is 0 Å². The van der Waals surface area contributed by atoms with Crippen molar-refractivity contribution in [1.29, 1.82) is 0 Å². The summed E-state index contributed by atoms with van der Waals surface area (Å²) in [6, 6.07) is 17.7. The molecule has 0 atom stereocenters. The summed E-state index contributed by atoms with van der Waals surface area (Å²) in [6.45, 7) is 0. The molecule has 118 valence electrons. The number of thiazole rings is 1. The number of rotatable bonds is 3. The van der Waals surface area contributed by atoms with Gasteiger partial charge in [0.25, 0.3) is 5.91 Å². The number of carbonyl (C=O) groups is 1. The smallest absolute Gasteiger partial charge is 0.257 e. The first kappa shape index (κ1) is 15.5. The van der Waals surface area contributed by atoms with Crippen LogP contribution in [0.4, 0.5) is 5.13 Å². The summed E-state index contributed by atoms with van der Waals surface area (Å²) in [7, 11) is 0. The van der Waals surface area contributed by atoms with Gasteiger partial charge in [-0.3, -0.25) is 10.1 Å². The number of aromatic nitrogens is 1. The van der Waals surface area contributed by atoms with Crippen LogP contribution < -0.4 is 5.32 Å². The predicted octanol–water partition coefficient (Wildman–Crippen LogP) is 6.04. The average molecular weight is 415 g/mol. The number of hydrogen-bond acceptors (Lipinski definition) is 4. The molecule has 4 rings (SSSR count). The molecular weight excluding hydrogens is 404 g/mol. The third-order valence-corrected chi connectivity index (χ3v) is 5.97. The van der Waals surface area contributed by atoms with Gasteiger partial charge in [-0.25, -0.2) is 4.98 Å². The Morgan fingerprint density at radius 3 is 2.67 bits per heavy atom. The fraction of sp³-hybridized carbons (Fsp3) is 0. The van der Waals surface area contributed by atoms with Gasteiger partial charge >= 0.3 is 0 Å². The minimum Gasteiger partial charge on any atom is -0.298 e. The quantitative estimate of drug-likeness (QED) is 0.443. The van der Waals surface area contributed by atoms with E-state index >= 15 is 0 Å². The highest BCUT2D eigenvalue weighted by Crippen LogP contribution is 2.33. The molecule has 0 fully saturated rings. The summed E-state index contributed by atoms with van der Waals surface area (Å²) in [5.41, 5.74) is 1.51. The lowest BCUT2D eigenvalue weighted by Gasteiger charge is -2.03. The molecule has 6 heteroatoms. The number of fused-ring (bicyclic) bond motifs is 1. The van der Waals surface area contributed by atoms with Crippen LogP contribution in [0.3, 0.4) is 0 Å². The summed E-state index contributed by atoms with van der Waals surface area (Å²) < 4.78 is 1.06. The van der Waals surface area contributed by atoms with Gasteiger partial charge in [0.2, 0.25) is 0 Å². The standard InChI is InChI=1S/C18H11BrN2OS2/c19-16-8-7-15(24-16)14-10-23-18(20-14)21-17(22)13-6-5-11-3-1-2-4-12(11)9-13/h1-10H,(H,20,21,22). The highest BCUT2D eigenvalue weighted by atomic mass is 79.9. The Morgan fingerprint density at radius 2 is 1.88 bits per heavy atom. The average Bonchev–Trinajstić information content (AvgIpc) is 3.23. The molecule has 2 heterocycles. The van der Waals surface area contributed by atoms with E-state index in [9.17, 15) is 4.79 Å². The van der Waals surface area contributed by atoms with Gasteiger partial charge in [-0.05, 0) is 51.0 Å². The number of hydrogen-bond donors (Lipinski definition) is 1. The molecule has 0 radical (unpaired) electrons. The number of benzene rings is 2. The summed E-state index contributed by atoms with van der Waals surface area (Å²) in [5.74, 6) is -0.144. The Morgan fingerprint density at radius 1 is 1.04 bits per heavy atom. The van der Waals surface area contributed by atoms with Crippen molar-refractivity contribution >= 4 is 60.4 Å². The van der Waals surface area contributed by atoms with Crippen LogP contribution in [0.5, 0.6) is 0 Å². The molecule has 3 nitrogen and oxygen atoms in total. The zero-order valence-electron chi connectivity index (χ0n) is 12.3. The minimum absolute atomic E-state index is 0.144. The molecule has 4 aromatic rings. The van der Waals surface area contributed by atoms with Crippen molar-refractivity contribution in [2.24, 2.45) is 0 Å². The van der Waals surface area contributed by atoms with Crippen LogP contribution in [0.2, 0.25) is 0 Å². The summed E-state index contributed by atoms with van der Waals surface area (Å²) in [4.78, 5) is 18.0. The Balaban J connectivity index is 1.56. The van der Waals surface area contributed by atoms with Gasteiger partial charge in [-0.2, -0.15) is 0 Å². The molecule has 0 spiro atoms. The van der Waals surface area contributed by atoms with Gasteiger partial charge in [0.15, 0.2) is 5.13 Å². The van der Waals surface area contributed by atoms with Crippen molar-refractivity contribution in [2.45, 2.75) is 0 Å². The van der Waals surface area contributed by atoms with Crippen molar-refractivity contribution < 1.29 is 4.79 Å². The normalized spacial score (nSPS) is 10.9. The van der Waals surface area contributed by atoms with E-state index in [0.29, 0.717) is 10.7 Å². The first-order valence-corrected chi connectivity index (χ1v) is 9.69. The zero-order valence-corrected chi connectivity index (χ0v) is 15.5. The molecule has 1 amide bonds. The molecule has 0 aliphatic heterocycles. The van der Waals surface area contributed by atoms with Crippen LogP contribution in [-0.2, 0) is 0 Å². The lowest BCUT2D eigenvalue weighted by Crippen LogP contribution is -2.11. The fourth-order valence-corrected chi connectivity index (χ4v) is 4.52. The van der Waals surface area contributed by atoms with Gasteiger partial charge in [-0.15, -0.1) is 22.7 Å². The Bertz CT molecular complexity index is 1040. The highest BCUT2D eigenvalue weighted by Gasteiger charge is 2.11. The largest absolute Gasteiger partial charge is 0.298 e. The van der Waals surface area contributed by atoms with Gasteiger partial charge in [-0.1, -0.05) is 30.3 Å². The topological polar surface area (TPSA) is 42.0 Å². The fourth-order valence-electron chi connectivity index (χ4n) is 2.40. The van der Waals surface area contributed by atoms with E-state index in [0.717, 1.165) is 25.1 Å². The van der Waals surface area contributed by atoms with Crippen molar-refractivity contribution in [3.05, 3.63) is 69.3 Å². The van der Waals surface area contributed by atoms with E-state index in [2.05, 4.69) is 26.2 Å². The SMILES string of the molecule is O=C(Nc1nc(-c2ccc(Br)s2)cs1)c1ccc2ccccc2c1. The Kier molecular flexibility index (Phi) is 4.18. The zero-order chi connectivity index (χ0) is 16.5. The third kappa shape index (κ3) is 3.13. The second kappa shape index (κ2) is 6.47. The lowest BCUT2D eigenvalue weighted by molar-refractivity contribution is 0.102. The maximum Gasteiger partial charge on any atom is 0.257 e. The van der Waals surface area contributed by atoms with Gasteiger partial charge < -0.3 is 0 Å². The first-order valence-electron chi connectivity index (χ1n) is 7.20. The first-order chi connectivity index (χ1) is 11.7. The van der Waals surface area contributed by atoms with E-state index in [4.69, 9.17) is 0 Å². The van der Waals surface area contributed by atoms with E-state index in [1.165, 1.54) is 11.3 Å². The molecule has 0 aliphatic carbocycles. The Hall–Kier alpha value is -2.02. The van der Waals surface area contributed by atoms with Crippen LogP contribution in [0.1, 0.15) is 10.4 Å². The van der Waals surface area contributed by atoms with Crippen LogP contribution in [-0.4, -0.2) is 10.9 Å². The van der Waals surface area contributed by atoms with Crippen molar-refractivity contribution in [3.8, 4) is 10.6 Å². The van der Waals surface area contributed by atoms with Crippen molar-refractivity contribution in [3.63, 3.8) is 0 Å². The van der Waals surface area contributed by atoms with Gasteiger partial charge in [0, 0.05) is 10.9 Å². The summed E-state index contributed by atoms with van der Waals surface area (Å²) in [5, 5.41) is 7.61. The number of anilines is 1. The molecule has 0 saturated carbocycles. The van der Waals surface area contributed by atoms with Crippen LogP contribution in [0, 0.1) is 0 Å². The number of nitrogens with zero attached hydrogens (tertiary/aromatic N) is 1. The van der Waals surface area contributed by atoms with Crippen molar-refractivity contribution in [2.75, 3.05) is 5.32 Å². The summed E-state index contributed by atoms with van der Waals surface area (Å²) >= 11 is 6.50. The maximum absolute atomic E-state index is 12.5. The molecule has 1 N–H and O–H groups in total. The Labute approximate surface area is 155 Å². The van der Waals surface area contributed by atoms with Crippen LogP contribution >= 0.6 is 38.6 Å². The molecule has 2 aromatic carbocycles. The maximum atomic E-state index is 12.5. The minimum atomic E-state index is -0.144. The van der Waals surface area contributed by atoms with Crippen LogP contribution in [0.25, 0.3) is 21.3 Å². The number of halogens is 1. The van der Waals surface area contributed by atoms with Crippen LogP contribution in [0.15, 0.2) is 63.8 Å². The third-order valence-electron chi connectivity index (χ3n) is 3.56. The second-order valence-electron chi connectivity index (χ2n) is 5.16. The highest BCUT2D eigenvalue weighted by molar-refractivity contribution is 9.11. The number of thiophene rings is 1. The molecule has 0 bridgehead atoms. The summed E-state index contributed by atoms with van der Waals surface area (Å²) in [6.07, 6.45) is 0. The van der Waals surface area contributed by atoms with E-state index < -0.39 is 0 Å². The van der Waals surface area contributed by atoms with E-state index in [1.807, 2.05) is 60.0 Å². The molecule has 0 saturated heterocycles. The molecule has 24 heavy (non-hydrogen) atoms. The van der Waals surface area contributed by atoms with E-state index in [1.54, 1.807) is 11.3 Å².